The van der Waals surface area contributed by atoms with E-state index in [9.17, 15) is 14.7 Å². The molecule has 0 spiro atoms. The van der Waals surface area contributed by atoms with Gasteiger partial charge in [0.05, 0.1) is 5.41 Å². The van der Waals surface area contributed by atoms with Gasteiger partial charge in [-0.15, -0.1) is 0 Å². The number of hydrogen-bond donors (Lipinski definition) is 1. The summed E-state index contributed by atoms with van der Waals surface area (Å²) in [6.45, 7) is 5.22. The third-order valence-corrected chi connectivity index (χ3v) is 4.63. The zero-order chi connectivity index (χ0) is 15.7. The van der Waals surface area contributed by atoms with Crippen LogP contribution < -0.4 is 0 Å². The highest BCUT2D eigenvalue weighted by molar-refractivity contribution is 5.80. The van der Waals surface area contributed by atoms with Gasteiger partial charge >= 0.3 is 5.97 Å². The van der Waals surface area contributed by atoms with Crippen LogP contribution in [0.2, 0.25) is 0 Å². The molecule has 1 heterocycles. The maximum absolute atomic E-state index is 12.2. The molecule has 1 N–H and O–H groups in total. The Labute approximate surface area is 128 Å². The molecule has 1 aliphatic rings. The van der Waals surface area contributed by atoms with Crippen LogP contribution in [0, 0.1) is 5.41 Å². The highest BCUT2D eigenvalue weighted by Crippen LogP contribution is 2.35. The molecule has 1 saturated heterocycles. The zero-order valence-corrected chi connectivity index (χ0v) is 13.7. The van der Waals surface area contributed by atoms with Crippen LogP contribution in [-0.4, -0.2) is 35.0 Å². The number of aliphatic carboxylic acids is 1. The summed E-state index contributed by atoms with van der Waals surface area (Å²) in [5, 5.41) is 9.45. The Hall–Kier alpha value is -1.06. The number of hydrogen-bond acceptors (Lipinski definition) is 2. The molecule has 0 aromatic carbocycles. The second kappa shape index (κ2) is 9.06. The second-order valence-corrected chi connectivity index (χ2v) is 6.42. The van der Waals surface area contributed by atoms with Crippen LogP contribution in [0.25, 0.3) is 0 Å². The fraction of sp³-hybridized carbons (Fsp3) is 0.882. The molecule has 1 unspecified atom stereocenters. The maximum atomic E-state index is 12.2. The Bertz CT molecular complexity index is 343. The Balaban J connectivity index is 2.31. The Morgan fingerprint density at radius 1 is 1.05 bits per heavy atom. The predicted octanol–water partition coefficient (Wildman–Crippen LogP) is 3.84. The Morgan fingerprint density at radius 2 is 1.71 bits per heavy atom. The number of carboxylic acids is 1. The standard InChI is InChI=1S/C17H31NO3/c1-3-5-6-7-8-9-10-15(19)18-13-12-17(14-18,11-4-2)16(20)21/h3-14H2,1-2H3,(H,20,21). The van der Waals surface area contributed by atoms with Crippen molar-refractivity contribution in [2.75, 3.05) is 13.1 Å². The number of unbranched alkanes of at least 4 members (excludes halogenated alkanes) is 5. The maximum Gasteiger partial charge on any atom is 0.311 e. The fourth-order valence-corrected chi connectivity index (χ4v) is 3.26. The first-order valence-corrected chi connectivity index (χ1v) is 8.57. The van der Waals surface area contributed by atoms with E-state index in [1.165, 1.54) is 25.7 Å². The first kappa shape index (κ1) is 18.0. The van der Waals surface area contributed by atoms with Gasteiger partial charge in [-0.25, -0.2) is 0 Å². The number of carbonyl (C=O) groups excluding carboxylic acids is 1. The normalized spacial score (nSPS) is 21.7. The zero-order valence-electron chi connectivity index (χ0n) is 13.7. The van der Waals surface area contributed by atoms with Crippen LogP contribution in [0.4, 0.5) is 0 Å². The highest BCUT2D eigenvalue weighted by atomic mass is 16.4. The van der Waals surface area contributed by atoms with Crippen LogP contribution in [-0.2, 0) is 9.59 Å². The summed E-state index contributed by atoms with van der Waals surface area (Å²) in [4.78, 5) is 25.5. The average molecular weight is 297 g/mol. The SMILES string of the molecule is CCCCCCCCC(=O)N1CCC(CCC)(C(=O)O)C1. The molecule has 1 rings (SSSR count). The lowest BCUT2D eigenvalue weighted by molar-refractivity contribution is -0.149. The van der Waals surface area contributed by atoms with E-state index in [4.69, 9.17) is 0 Å². The molecular weight excluding hydrogens is 266 g/mol. The Morgan fingerprint density at radius 3 is 2.33 bits per heavy atom. The third kappa shape index (κ3) is 5.33. The number of nitrogens with zero attached hydrogens (tertiary/aromatic N) is 1. The first-order chi connectivity index (χ1) is 10.1. The van der Waals surface area contributed by atoms with Crippen molar-refractivity contribution in [1.82, 2.24) is 4.90 Å². The van der Waals surface area contributed by atoms with Crippen LogP contribution in [0.15, 0.2) is 0 Å². The van der Waals surface area contributed by atoms with E-state index >= 15 is 0 Å². The molecule has 122 valence electrons. The van der Waals surface area contributed by atoms with E-state index in [0.29, 0.717) is 32.4 Å². The van der Waals surface area contributed by atoms with Crippen LogP contribution in [0.5, 0.6) is 0 Å². The van der Waals surface area contributed by atoms with Crippen molar-refractivity contribution in [3.63, 3.8) is 0 Å². The van der Waals surface area contributed by atoms with Gasteiger partial charge in [-0.05, 0) is 19.3 Å². The van der Waals surface area contributed by atoms with Crippen LogP contribution >= 0.6 is 0 Å². The monoisotopic (exact) mass is 297 g/mol. The van der Waals surface area contributed by atoms with E-state index in [0.717, 1.165) is 19.3 Å². The van der Waals surface area contributed by atoms with E-state index in [2.05, 4.69) is 6.92 Å². The van der Waals surface area contributed by atoms with Crippen molar-refractivity contribution in [3.05, 3.63) is 0 Å². The van der Waals surface area contributed by atoms with Crippen molar-refractivity contribution in [2.45, 2.75) is 78.1 Å². The Kier molecular flexibility index (Phi) is 7.76. The molecule has 1 aliphatic heterocycles. The molecule has 0 saturated carbocycles. The molecule has 1 amide bonds. The fourth-order valence-electron chi connectivity index (χ4n) is 3.26. The van der Waals surface area contributed by atoms with Crippen LogP contribution in [0.1, 0.15) is 78.1 Å². The van der Waals surface area contributed by atoms with Crippen molar-refractivity contribution in [2.24, 2.45) is 5.41 Å². The number of carboxylic acid groups (broad SMARTS) is 1. The number of carbonyl (C=O) groups is 2. The molecule has 0 aromatic heterocycles. The lowest BCUT2D eigenvalue weighted by Gasteiger charge is -2.24. The smallest absolute Gasteiger partial charge is 0.311 e. The largest absolute Gasteiger partial charge is 0.481 e. The van der Waals surface area contributed by atoms with Gasteiger partial charge in [-0.3, -0.25) is 9.59 Å². The lowest BCUT2D eigenvalue weighted by atomic mass is 9.83. The lowest BCUT2D eigenvalue weighted by Crippen LogP contribution is -2.36. The van der Waals surface area contributed by atoms with Crippen LogP contribution in [0.3, 0.4) is 0 Å². The van der Waals surface area contributed by atoms with Crippen molar-refractivity contribution >= 4 is 11.9 Å². The minimum atomic E-state index is -0.737. The van der Waals surface area contributed by atoms with E-state index in [-0.39, 0.29) is 5.91 Å². The summed E-state index contributed by atoms with van der Waals surface area (Å²) < 4.78 is 0. The number of likely N-dealkylation sites (tertiary alicyclic amines) is 1. The summed E-state index contributed by atoms with van der Waals surface area (Å²) in [6.07, 6.45) is 9.73. The van der Waals surface area contributed by atoms with E-state index in [1.807, 2.05) is 6.92 Å². The summed E-state index contributed by atoms with van der Waals surface area (Å²) >= 11 is 0. The predicted molar refractivity (Wildman–Crippen MR) is 84.2 cm³/mol. The van der Waals surface area contributed by atoms with E-state index < -0.39 is 11.4 Å². The van der Waals surface area contributed by atoms with E-state index in [1.54, 1.807) is 4.90 Å². The number of amides is 1. The second-order valence-electron chi connectivity index (χ2n) is 6.42. The molecule has 0 aliphatic carbocycles. The summed E-state index contributed by atoms with van der Waals surface area (Å²) in [5.41, 5.74) is -0.689. The molecule has 4 heteroatoms. The number of rotatable bonds is 10. The molecule has 1 fully saturated rings. The summed E-state index contributed by atoms with van der Waals surface area (Å²) in [7, 11) is 0. The first-order valence-electron chi connectivity index (χ1n) is 8.57. The van der Waals surface area contributed by atoms with Gasteiger partial charge in [0.15, 0.2) is 0 Å². The summed E-state index contributed by atoms with van der Waals surface area (Å²) in [5.74, 6) is -0.594. The van der Waals surface area contributed by atoms with Gasteiger partial charge in [0, 0.05) is 19.5 Å². The van der Waals surface area contributed by atoms with Gasteiger partial charge in [-0.2, -0.15) is 0 Å². The molecule has 0 aromatic rings. The van der Waals surface area contributed by atoms with Crippen molar-refractivity contribution < 1.29 is 14.7 Å². The minimum absolute atomic E-state index is 0.143. The molecule has 4 nitrogen and oxygen atoms in total. The van der Waals surface area contributed by atoms with Gasteiger partial charge in [0.1, 0.15) is 0 Å². The van der Waals surface area contributed by atoms with Gasteiger partial charge < -0.3 is 10.0 Å². The van der Waals surface area contributed by atoms with Crippen molar-refractivity contribution in [1.29, 1.82) is 0 Å². The molecule has 21 heavy (non-hydrogen) atoms. The summed E-state index contributed by atoms with van der Waals surface area (Å²) in [6, 6.07) is 0. The third-order valence-electron chi connectivity index (χ3n) is 4.63. The molecule has 1 atom stereocenters. The van der Waals surface area contributed by atoms with Gasteiger partial charge in [0.25, 0.3) is 0 Å². The van der Waals surface area contributed by atoms with Crippen molar-refractivity contribution in [3.8, 4) is 0 Å². The molecule has 0 bridgehead atoms. The topological polar surface area (TPSA) is 57.6 Å². The molecular formula is C17H31NO3. The quantitative estimate of drug-likeness (QED) is 0.623. The van der Waals surface area contributed by atoms with Gasteiger partial charge in [-0.1, -0.05) is 52.4 Å². The molecule has 0 radical (unpaired) electrons. The van der Waals surface area contributed by atoms with Gasteiger partial charge in [0.2, 0.25) is 5.91 Å². The average Bonchev–Trinajstić information content (AvgIpc) is 2.88. The highest BCUT2D eigenvalue weighted by Gasteiger charge is 2.45. The minimum Gasteiger partial charge on any atom is -0.481 e.